The summed E-state index contributed by atoms with van der Waals surface area (Å²) in [5.74, 6) is -0.944. The molecule has 1 aromatic heterocycles. The summed E-state index contributed by atoms with van der Waals surface area (Å²) in [6.45, 7) is -0.304. The molecule has 1 heterocycles. The van der Waals surface area contributed by atoms with Gasteiger partial charge in [0.2, 0.25) is 0 Å². The lowest BCUT2D eigenvalue weighted by atomic mass is 10.1. The number of benzene rings is 2. The van der Waals surface area contributed by atoms with E-state index >= 15 is 0 Å². The SMILES string of the molecule is O=C(COC(=O)CSc1nnc(-c2ccccc2F)n1-c1ccccc1)NC1CCCCCC1. The number of hydrogen-bond donors (Lipinski definition) is 1. The molecule has 4 rings (SSSR count). The van der Waals surface area contributed by atoms with Crippen molar-refractivity contribution >= 4 is 23.6 Å². The first-order valence-corrected chi connectivity index (χ1v) is 12.4. The Labute approximate surface area is 202 Å². The van der Waals surface area contributed by atoms with E-state index in [1.807, 2.05) is 30.3 Å². The summed E-state index contributed by atoms with van der Waals surface area (Å²) >= 11 is 1.12. The Hall–Kier alpha value is -3.20. The van der Waals surface area contributed by atoms with Gasteiger partial charge in [-0.2, -0.15) is 0 Å². The number of carbonyl (C=O) groups excluding carboxylic acids is 2. The van der Waals surface area contributed by atoms with Gasteiger partial charge in [0.25, 0.3) is 5.91 Å². The molecule has 2 aromatic carbocycles. The van der Waals surface area contributed by atoms with Crippen LogP contribution in [0.1, 0.15) is 38.5 Å². The second kappa shape index (κ2) is 11.8. The van der Waals surface area contributed by atoms with Crippen LogP contribution in [-0.2, 0) is 14.3 Å². The molecule has 178 valence electrons. The van der Waals surface area contributed by atoms with E-state index in [0.29, 0.717) is 16.5 Å². The normalized spacial score (nSPS) is 14.4. The van der Waals surface area contributed by atoms with Gasteiger partial charge < -0.3 is 10.1 Å². The number of amides is 1. The molecule has 0 bridgehead atoms. The van der Waals surface area contributed by atoms with Crippen molar-refractivity contribution in [1.82, 2.24) is 20.1 Å². The third kappa shape index (κ3) is 6.22. The third-order valence-electron chi connectivity index (χ3n) is 5.67. The Kier molecular flexibility index (Phi) is 8.30. The van der Waals surface area contributed by atoms with E-state index in [-0.39, 0.29) is 24.3 Å². The van der Waals surface area contributed by atoms with Crippen LogP contribution in [0.3, 0.4) is 0 Å². The predicted octanol–water partition coefficient (Wildman–Crippen LogP) is 4.55. The van der Waals surface area contributed by atoms with Gasteiger partial charge in [-0.3, -0.25) is 14.2 Å². The maximum Gasteiger partial charge on any atom is 0.316 e. The summed E-state index contributed by atoms with van der Waals surface area (Å²) in [5.41, 5.74) is 1.05. The van der Waals surface area contributed by atoms with E-state index < -0.39 is 11.8 Å². The van der Waals surface area contributed by atoms with Crippen LogP contribution >= 0.6 is 11.8 Å². The van der Waals surface area contributed by atoms with E-state index in [0.717, 1.165) is 43.1 Å². The summed E-state index contributed by atoms with van der Waals surface area (Å²) in [6.07, 6.45) is 6.55. The fourth-order valence-electron chi connectivity index (χ4n) is 3.99. The minimum atomic E-state index is -0.531. The molecule has 1 fully saturated rings. The van der Waals surface area contributed by atoms with Crippen LogP contribution in [0.15, 0.2) is 59.8 Å². The van der Waals surface area contributed by atoms with Crippen molar-refractivity contribution in [2.45, 2.75) is 49.7 Å². The first-order valence-electron chi connectivity index (χ1n) is 11.5. The summed E-state index contributed by atoms with van der Waals surface area (Å²) in [4.78, 5) is 24.5. The Balaban J connectivity index is 1.39. The molecule has 3 aromatic rings. The van der Waals surface area contributed by atoms with Crippen molar-refractivity contribution in [1.29, 1.82) is 0 Å². The van der Waals surface area contributed by atoms with Crippen LogP contribution < -0.4 is 5.32 Å². The van der Waals surface area contributed by atoms with Crippen LogP contribution in [0.5, 0.6) is 0 Å². The molecule has 1 N–H and O–H groups in total. The van der Waals surface area contributed by atoms with Gasteiger partial charge in [0.05, 0.1) is 11.3 Å². The van der Waals surface area contributed by atoms with E-state index in [2.05, 4.69) is 15.5 Å². The minimum absolute atomic E-state index is 0.0566. The summed E-state index contributed by atoms with van der Waals surface area (Å²) in [6, 6.07) is 15.8. The Bertz CT molecular complexity index is 1110. The molecule has 0 atom stereocenters. The van der Waals surface area contributed by atoms with Crippen LogP contribution in [-0.4, -0.2) is 45.0 Å². The fraction of sp³-hybridized carbons (Fsp3) is 0.360. The van der Waals surface area contributed by atoms with E-state index in [4.69, 9.17) is 4.74 Å². The zero-order valence-corrected chi connectivity index (χ0v) is 19.6. The van der Waals surface area contributed by atoms with E-state index in [9.17, 15) is 14.0 Å². The summed E-state index contributed by atoms with van der Waals surface area (Å²) in [5, 5.41) is 11.8. The lowest BCUT2D eigenvalue weighted by Gasteiger charge is -2.16. The molecule has 0 radical (unpaired) electrons. The van der Waals surface area contributed by atoms with Gasteiger partial charge in [0.15, 0.2) is 17.6 Å². The number of halogens is 1. The molecule has 34 heavy (non-hydrogen) atoms. The maximum absolute atomic E-state index is 14.5. The molecule has 1 amide bonds. The highest BCUT2D eigenvalue weighted by Gasteiger charge is 2.20. The monoisotopic (exact) mass is 482 g/mol. The second-order valence-electron chi connectivity index (χ2n) is 8.16. The number of carbonyl (C=O) groups is 2. The molecule has 0 aliphatic heterocycles. The third-order valence-corrected chi connectivity index (χ3v) is 6.57. The zero-order valence-electron chi connectivity index (χ0n) is 18.8. The Morgan fingerprint density at radius 1 is 1.00 bits per heavy atom. The van der Waals surface area contributed by atoms with Crippen molar-refractivity contribution in [3.63, 3.8) is 0 Å². The smallest absolute Gasteiger partial charge is 0.316 e. The number of para-hydroxylation sites is 1. The lowest BCUT2D eigenvalue weighted by molar-refractivity contribution is -0.146. The first kappa shape index (κ1) is 23.9. The molecule has 0 unspecified atom stereocenters. The molecule has 0 spiro atoms. The minimum Gasteiger partial charge on any atom is -0.455 e. The zero-order chi connectivity index (χ0) is 23.8. The average Bonchev–Trinajstić information content (AvgIpc) is 3.10. The topological polar surface area (TPSA) is 86.1 Å². The van der Waals surface area contributed by atoms with Gasteiger partial charge in [0, 0.05) is 11.7 Å². The van der Waals surface area contributed by atoms with E-state index in [1.54, 1.807) is 22.8 Å². The predicted molar refractivity (Wildman–Crippen MR) is 128 cm³/mol. The number of hydrogen-bond acceptors (Lipinski definition) is 6. The number of ether oxygens (including phenoxy) is 1. The van der Waals surface area contributed by atoms with Gasteiger partial charge in [-0.05, 0) is 37.1 Å². The molecule has 1 aliphatic rings. The lowest BCUT2D eigenvalue weighted by Crippen LogP contribution is -2.37. The van der Waals surface area contributed by atoms with Gasteiger partial charge in [-0.1, -0.05) is 67.8 Å². The van der Waals surface area contributed by atoms with Crippen molar-refractivity contribution < 1.29 is 18.7 Å². The molecule has 9 heteroatoms. The molecular formula is C25H27FN4O3S. The van der Waals surface area contributed by atoms with Crippen molar-refractivity contribution in [2.24, 2.45) is 0 Å². The highest BCUT2D eigenvalue weighted by atomic mass is 32.2. The fourth-order valence-corrected chi connectivity index (χ4v) is 4.74. The van der Waals surface area contributed by atoms with E-state index in [1.165, 1.54) is 18.9 Å². The average molecular weight is 483 g/mol. The number of nitrogens with one attached hydrogen (secondary N) is 1. The highest BCUT2D eigenvalue weighted by Crippen LogP contribution is 2.29. The van der Waals surface area contributed by atoms with Crippen LogP contribution in [0.4, 0.5) is 4.39 Å². The highest BCUT2D eigenvalue weighted by molar-refractivity contribution is 7.99. The van der Waals surface area contributed by atoms with Crippen LogP contribution in [0, 0.1) is 5.82 Å². The standard InChI is InChI=1S/C25H27FN4O3S/c26-21-15-9-8-14-20(21)24-28-29-25(30(24)19-12-6-3-7-13-19)34-17-23(32)33-16-22(31)27-18-10-4-1-2-5-11-18/h3,6-9,12-15,18H,1-2,4-5,10-11,16-17H2,(H,27,31). The number of aromatic nitrogens is 3. The maximum atomic E-state index is 14.5. The number of thioether (sulfide) groups is 1. The summed E-state index contributed by atoms with van der Waals surface area (Å²) in [7, 11) is 0. The molecule has 0 saturated heterocycles. The second-order valence-corrected chi connectivity index (χ2v) is 9.10. The Morgan fingerprint density at radius 3 is 2.44 bits per heavy atom. The largest absolute Gasteiger partial charge is 0.455 e. The van der Waals surface area contributed by atoms with Gasteiger partial charge >= 0.3 is 5.97 Å². The molecule has 7 nitrogen and oxygen atoms in total. The summed E-state index contributed by atoms with van der Waals surface area (Å²) < 4.78 is 21.3. The Morgan fingerprint density at radius 2 is 1.71 bits per heavy atom. The van der Waals surface area contributed by atoms with Crippen molar-refractivity contribution in [3.8, 4) is 17.1 Å². The van der Waals surface area contributed by atoms with Gasteiger partial charge in [-0.25, -0.2) is 4.39 Å². The molecular weight excluding hydrogens is 455 g/mol. The van der Waals surface area contributed by atoms with Gasteiger partial charge in [-0.15, -0.1) is 10.2 Å². The van der Waals surface area contributed by atoms with Crippen molar-refractivity contribution in [3.05, 3.63) is 60.4 Å². The number of esters is 1. The van der Waals surface area contributed by atoms with Crippen LogP contribution in [0.25, 0.3) is 17.1 Å². The first-order chi connectivity index (χ1) is 16.6. The number of rotatable bonds is 8. The van der Waals surface area contributed by atoms with Crippen molar-refractivity contribution in [2.75, 3.05) is 12.4 Å². The number of nitrogens with zero attached hydrogens (tertiary/aromatic N) is 3. The van der Waals surface area contributed by atoms with Crippen LogP contribution in [0.2, 0.25) is 0 Å². The quantitative estimate of drug-likeness (QED) is 0.288. The molecule has 1 saturated carbocycles. The molecule has 1 aliphatic carbocycles. The van der Waals surface area contributed by atoms with Gasteiger partial charge in [0.1, 0.15) is 5.82 Å².